The second-order valence-corrected chi connectivity index (χ2v) is 4.57. The van der Waals surface area contributed by atoms with Crippen LogP contribution < -0.4 is 5.32 Å². The first-order valence-electron chi connectivity index (χ1n) is 6.07. The fourth-order valence-corrected chi connectivity index (χ4v) is 2.38. The van der Waals surface area contributed by atoms with Gasteiger partial charge in [0.05, 0.1) is 11.6 Å². The fourth-order valence-electron chi connectivity index (χ4n) is 2.38. The number of benzene rings is 1. The molecule has 0 aromatic heterocycles. The summed E-state index contributed by atoms with van der Waals surface area (Å²) in [6, 6.07) is 8.74. The van der Waals surface area contributed by atoms with Crippen LogP contribution in [0.2, 0.25) is 0 Å². The molecule has 0 bridgehead atoms. The molecule has 0 aliphatic heterocycles. The molecule has 1 saturated carbocycles. The number of hydrogen-bond acceptors (Lipinski definition) is 2. The predicted molar refractivity (Wildman–Crippen MR) is 66.4 cm³/mol. The van der Waals surface area contributed by atoms with E-state index in [4.69, 9.17) is 5.26 Å². The molecule has 1 fully saturated rings. The van der Waals surface area contributed by atoms with Gasteiger partial charge in [-0.2, -0.15) is 5.26 Å². The van der Waals surface area contributed by atoms with E-state index in [-0.39, 0.29) is 0 Å². The van der Waals surface area contributed by atoms with Crippen LogP contribution in [-0.4, -0.2) is 6.04 Å². The van der Waals surface area contributed by atoms with Crippen LogP contribution in [0.25, 0.3) is 0 Å². The van der Waals surface area contributed by atoms with Gasteiger partial charge in [0, 0.05) is 11.7 Å². The van der Waals surface area contributed by atoms with Crippen LogP contribution in [0, 0.1) is 18.3 Å². The molecule has 2 nitrogen and oxygen atoms in total. The zero-order chi connectivity index (χ0) is 11.4. The summed E-state index contributed by atoms with van der Waals surface area (Å²) in [4.78, 5) is 0. The van der Waals surface area contributed by atoms with Crippen LogP contribution in [0.1, 0.15) is 43.2 Å². The molecule has 1 aliphatic carbocycles. The quantitative estimate of drug-likeness (QED) is 0.816. The third-order valence-corrected chi connectivity index (χ3v) is 3.42. The van der Waals surface area contributed by atoms with Gasteiger partial charge in [-0.25, -0.2) is 0 Å². The first-order chi connectivity index (χ1) is 7.81. The van der Waals surface area contributed by atoms with Crippen LogP contribution in [-0.2, 0) is 0 Å². The third kappa shape index (κ3) is 2.36. The van der Waals surface area contributed by atoms with Gasteiger partial charge in [0.1, 0.15) is 0 Å². The van der Waals surface area contributed by atoms with Crippen molar-refractivity contribution in [3.63, 3.8) is 0 Å². The molecule has 1 N–H and O–H groups in total. The van der Waals surface area contributed by atoms with Crippen LogP contribution in [0.3, 0.4) is 0 Å². The van der Waals surface area contributed by atoms with Crippen molar-refractivity contribution in [3.05, 3.63) is 29.3 Å². The molecule has 1 aromatic carbocycles. The van der Waals surface area contributed by atoms with Gasteiger partial charge in [0.25, 0.3) is 0 Å². The highest BCUT2D eigenvalue weighted by atomic mass is 14.9. The van der Waals surface area contributed by atoms with Gasteiger partial charge in [-0.3, -0.25) is 0 Å². The Hall–Kier alpha value is -1.49. The topological polar surface area (TPSA) is 35.8 Å². The largest absolute Gasteiger partial charge is 0.382 e. The van der Waals surface area contributed by atoms with E-state index in [1.165, 1.54) is 32.1 Å². The monoisotopic (exact) mass is 214 g/mol. The Kier molecular flexibility index (Phi) is 3.46. The number of hydrogen-bond donors (Lipinski definition) is 1. The zero-order valence-corrected chi connectivity index (χ0v) is 9.79. The highest BCUT2D eigenvalue weighted by molar-refractivity contribution is 5.57. The van der Waals surface area contributed by atoms with E-state index in [1.807, 2.05) is 19.1 Å². The predicted octanol–water partition coefficient (Wildman–Crippen LogP) is 3.61. The van der Waals surface area contributed by atoms with E-state index in [9.17, 15) is 0 Å². The molecule has 0 radical (unpaired) electrons. The van der Waals surface area contributed by atoms with Gasteiger partial charge in [0.2, 0.25) is 0 Å². The van der Waals surface area contributed by atoms with Crippen molar-refractivity contribution < 1.29 is 0 Å². The minimum atomic E-state index is 0.599. The van der Waals surface area contributed by atoms with Crippen LogP contribution in [0.4, 0.5) is 5.69 Å². The molecule has 16 heavy (non-hydrogen) atoms. The lowest BCUT2D eigenvalue weighted by Crippen LogP contribution is -2.22. The van der Waals surface area contributed by atoms with E-state index in [0.29, 0.717) is 6.04 Å². The molecule has 84 valence electrons. The van der Waals surface area contributed by atoms with Crippen molar-refractivity contribution in [2.45, 2.75) is 45.1 Å². The average Bonchev–Trinajstić information content (AvgIpc) is 2.33. The molecular weight excluding hydrogens is 196 g/mol. The van der Waals surface area contributed by atoms with Crippen molar-refractivity contribution in [3.8, 4) is 6.07 Å². The molecule has 1 aliphatic rings. The third-order valence-electron chi connectivity index (χ3n) is 3.42. The SMILES string of the molecule is Cc1c(C#N)cccc1NC1CCCCC1. The standard InChI is InChI=1S/C14H18N2/c1-11-12(10-15)6-5-9-14(11)16-13-7-3-2-4-8-13/h5-6,9,13,16H,2-4,7-8H2,1H3. The number of rotatable bonds is 2. The van der Waals surface area contributed by atoms with E-state index < -0.39 is 0 Å². The Bertz CT molecular complexity index is 398. The summed E-state index contributed by atoms with van der Waals surface area (Å²) in [5.41, 5.74) is 2.99. The maximum absolute atomic E-state index is 8.97. The number of anilines is 1. The van der Waals surface area contributed by atoms with E-state index in [1.54, 1.807) is 0 Å². The molecule has 2 heteroatoms. The first kappa shape index (κ1) is 11.0. The summed E-state index contributed by atoms with van der Waals surface area (Å²) >= 11 is 0. The van der Waals surface area contributed by atoms with Crippen molar-refractivity contribution in [1.82, 2.24) is 0 Å². The molecule has 1 aromatic rings. The Balaban J connectivity index is 2.12. The first-order valence-corrected chi connectivity index (χ1v) is 6.07. The second kappa shape index (κ2) is 5.03. The summed E-state index contributed by atoms with van der Waals surface area (Å²) in [5.74, 6) is 0. The molecule has 0 unspecified atom stereocenters. The highest BCUT2D eigenvalue weighted by Crippen LogP contribution is 2.24. The molecule has 0 spiro atoms. The minimum absolute atomic E-state index is 0.599. The maximum Gasteiger partial charge on any atom is 0.0995 e. The molecule has 2 rings (SSSR count). The van der Waals surface area contributed by atoms with Crippen LogP contribution in [0.5, 0.6) is 0 Å². The van der Waals surface area contributed by atoms with Gasteiger partial charge in [-0.05, 0) is 37.5 Å². The minimum Gasteiger partial charge on any atom is -0.382 e. The van der Waals surface area contributed by atoms with Crippen molar-refractivity contribution >= 4 is 5.69 Å². The van der Waals surface area contributed by atoms with Gasteiger partial charge in [0.15, 0.2) is 0 Å². The van der Waals surface area contributed by atoms with Gasteiger partial charge < -0.3 is 5.32 Å². The summed E-state index contributed by atoms with van der Waals surface area (Å²) < 4.78 is 0. The van der Waals surface area contributed by atoms with Crippen molar-refractivity contribution in [2.24, 2.45) is 0 Å². The normalized spacial score (nSPS) is 16.8. The Morgan fingerprint density at radius 2 is 2.00 bits per heavy atom. The van der Waals surface area contributed by atoms with Gasteiger partial charge >= 0.3 is 0 Å². The lowest BCUT2D eigenvalue weighted by atomic mass is 9.95. The van der Waals surface area contributed by atoms with E-state index in [0.717, 1.165) is 16.8 Å². The molecular formula is C14H18N2. The summed E-state index contributed by atoms with van der Waals surface area (Å²) in [5, 5.41) is 12.5. The van der Waals surface area contributed by atoms with Gasteiger partial charge in [-0.15, -0.1) is 0 Å². The lowest BCUT2D eigenvalue weighted by molar-refractivity contribution is 0.462. The van der Waals surface area contributed by atoms with Crippen LogP contribution >= 0.6 is 0 Å². The summed E-state index contributed by atoms with van der Waals surface area (Å²) in [7, 11) is 0. The molecule has 0 atom stereocenters. The fraction of sp³-hybridized carbons (Fsp3) is 0.500. The maximum atomic E-state index is 8.97. The van der Waals surface area contributed by atoms with Crippen LogP contribution in [0.15, 0.2) is 18.2 Å². The Labute approximate surface area is 97.3 Å². The van der Waals surface area contributed by atoms with Crippen molar-refractivity contribution in [2.75, 3.05) is 5.32 Å². The Morgan fingerprint density at radius 1 is 1.25 bits per heavy atom. The molecule has 0 heterocycles. The lowest BCUT2D eigenvalue weighted by Gasteiger charge is -2.24. The van der Waals surface area contributed by atoms with Crippen molar-refractivity contribution in [1.29, 1.82) is 5.26 Å². The summed E-state index contributed by atoms with van der Waals surface area (Å²) in [6.45, 7) is 2.02. The van der Waals surface area contributed by atoms with E-state index >= 15 is 0 Å². The summed E-state index contributed by atoms with van der Waals surface area (Å²) in [6.07, 6.45) is 6.55. The number of nitrogens with zero attached hydrogens (tertiary/aromatic N) is 1. The average molecular weight is 214 g/mol. The number of nitriles is 1. The zero-order valence-electron chi connectivity index (χ0n) is 9.79. The smallest absolute Gasteiger partial charge is 0.0995 e. The van der Waals surface area contributed by atoms with E-state index in [2.05, 4.69) is 17.5 Å². The Morgan fingerprint density at radius 3 is 2.69 bits per heavy atom. The molecule has 0 saturated heterocycles. The van der Waals surface area contributed by atoms with Gasteiger partial charge in [-0.1, -0.05) is 25.3 Å². The second-order valence-electron chi connectivity index (χ2n) is 4.57. The number of nitrogens with one attached hydrogen (secondary N) is 1. The molecule has 0 amide bonds. The highest BCUT2D eigenvalue weighted by Gasteiger charge is 2.14.